The largest absolute Gasteiger partial charge is 0.488 e. The molecule has 0 spiro atoms. The molecule has 1 aromatic rings. The van der Waals surface area contributed by atoms with E-state index in [0.29, 0.717) is 5.02 Å². The van der Waals surface area contributed by atoms with Gasteiger partial charge in [-0.1, -0.05) is 24.6 Å². The van der Waals surface area contributed by atoms with Crippen molar-refractivity contribution in [2.45, 2.75) is 45.8 Å². The number of hydrogen-bond acceptors (Lipinski definition) is 2. The molecule has 0 aromatic heterocycles. The van der Waals surface area contributed by atoms with Gasteiger partial charge in [-0.15, -0.1) is 0 Å². The first-order valence-electron chi connectivity index (χ1n) is 5.60. The second-order valence-electron chi connectivity index (χ2n) is 4.69. The average Bonchev–Trinajstić information content (AvgIpc) is 2.16. The Morgan fingerprint density at radius 3 is 2.50 bits per heavy atom. The van der Waals surface area contributed by atoms with Crippen molar-refractivity contribution in [2.75, 3.05) is 0 Å². The molecular formula is C13H20ClNO. The van der Waals surface area contributed by atoms with Gasteiger partial charge in [0, 0.05) is 11.1 Å². The summed E-state index contributed by atoms with van der Waals surface area (Å²) in [4.78, 5) is 0. The number of hydrogen-bond donors (Lipinski definition) is 1. The molecule has 0 heterocycles. The van der Waals surface area contributed by atoms with Crippen LogP contribution in [0, 0.1) is 0 Å². The van der Waals surface area contributed by atoms with Crippen LogP contribution in [0.4, 0.5) is 0 Å². The molecule has 0 saturated heterocycles. The van der Waals surface area contributed by atoms with Crippen molar-refractivity contribution in [1.82, 2.24) is 0 Å². The molecule has 0 aliphatic heterocycles. The molecule has 1 unspecified atom stereocenters. The van der Waals surface area contributed by atoms with Crippen LogP contribution in [0.5, 0.6) is 5.75 Å². The van der Waals surface area contributed by atoms with Crippen LogP contribution in [0.3, 0.4) is 0 Å². The molecule has 0 radical (unpaired) electrons. The Bertz CT molecular complexity index is 361. The van der Waals surface area contributed by atoms with E-state index in [-0.39, 0.29) is 11.6 Å². The Balaban J connectivity index is 2.90. The number of nitrogens with two attached hydrogens (primary N) is 1. The maximum absolute atomic E-state index is 6.14. The lowest BCUT2D eigenvalue weighted by atomic mass is 10.1. The van der Waals surface area contributed by atoms with E-state index in [1.165, 1.54) is 0 Å². The molecule has 0 saturated carbocycles. The third-order valence-corrected chi connectivity index (χ3v) is 3.04. The average molecular weight is 242 g/mol. The molecule has 1 atom stereocenters. The summed E-state index contributed by atoms with van der Waals surface area (Å²) in [7, 11) is 0. The lowest BCUT2D eigenvalue weighted by Gasteiger charge is -2.25. The topological polar surface area (TPSA) is 35.2 Å². The summed E-state index contributed by atoms with van der Waals surface area (Å²) in [6.45, 7) is 8.12. The first kappa shape index (κ1) is 13.3. The molecule has 16 heavy (non-hydrogen) atoms. The first-order valence-corrected chi connectivity index (χ1v) is 5.97. The van der Waals surface area contributed by atoms with Crippen LogP contribution in [-0.4, -0.2) is 5.60 Å². The standard InChI is InChI=1S/C13H20ClNO/c1-5-13(3,4)16-10-6-7-11(9(2)15)12(14)8-10/h6-9H,5,15H2,1-4H3. The van der Waals surface area contributed by atoms with Crippen molar-refractivity contribution in [2.24, 2.45) is 5.73 Å². The number of benzene rings is 1. The van der Waals surface area contributed by atoms with Gasteiger partial charge >= 0.3 is 0 Å². The van der Waals surface area contributed by atoms with Gasteiger partial charge in [0.05, 0.1) is 0 Å². The van der Waals surface area contributed by atoms with E-state index in [1.54, 1.807) is 0 Å². The zero-order valence-electron chi connectivity index (χ0n) is 10.4. The van der Waals surface area contributed by atoms with Crippen molar-refractivity contribution < 1.29 is 4.74 Å². The second-order valence-corrected chi connectivity index (χ2v) is 5.09. The minimum atomic E-state index is -0.167. The fourth-order valence-electron chi connectivity index (χ4n) is 1.33. The van der Waals surface area contributed by atoms with Gasteiger partial charge in [0.1, 0.15) is 11.4 Å². The maximum atomic E-state index is 6.14. The molecule has 0 aliphatic rings. The molecule has 0 fully saturated rings. The SMILES string of the molecule is CCC(C)(C)Oc1ccc(C(C)N)c(Cl)c1. The van der Waals surface area contributed by atoms with Crippen molar-refractivity contribution in [3.63, 3.8) is 0 Å². The van der Waals surface area contributed by atoms with Gasteiger partial charge in [0.2, 0.25) is 0 Å². The summed E-state index contributed by atoms with van der Waals surface area (Å²) in [5.41, 5.74) is 6.57. The molecule has 2 N–H and O–H groups in total. The van der Waals surface area contributed by atoms with Crippen LogP contribution in [0.2, 0.25) is 5.02 Å². The smallest absolute Gasteiger partial charge is 0.121 e. The van der Waals surface area contributed by atoms with Gasteiger partial charge in [0.25, 0.3) is 0 Å². The molecule has 1 rings (SSSR count). The van der Waals surface area contributed by atoms with Gasteiger partial charge in [-0.2, -0.15) is 0 Å². The van der Waals surface area contributed by atoms with Crippen LogP contribution in [0.15, 0.2) is 18.2 Å². The van der Waals surface area contributed by atoms with E-state index in [0.717, 1.165) is 17.7 Å². The van der Waals surface area contributed by atoms with E-state index >= 15 is 0 Å². The molecule has 0 amide bonds. The fraction of sp³-hybridized carbons (Fsp3) is 0.538. The Hall–Kier alpha value is -0.730. The van der Waals surface area contributed by atoms with Crippen LogP contribution in [0.25, 0.3) is 0 Å². The lowest BCUT2D eigenvalue weighted by molar-refractivity contribution is 0.105. The van der Waals surface area contributed by atoms with Gasteiger partial charge < -0.3 is 10.5 Å². The minimum absolute atomic E-state index is 0.0549. The van der Waals surface area contributed by atoms with E-state index in [4.69, 9.17) is 22.1 Å². The van der Waals surface area contributed by atoms with Gasteiger partial charge in [-0.25, -0.2) is 0 Å². The third-order valence-electron chi connectivity index (χ3n) is 2.71. The predicted octanol–water partition coefficient (Wildman–Crippen LogP) is 3.93. The number of halogens is 1. The zero-order valence-corrected chi connectivity index (χ0v) is 11.1. The maximum Gasteiger partial charge on any atom is 0.121 e. The summed E-state index contributed by atoms with van der Waals surface area (Å²) >= 11 is 6.14. The van der Waals surface area contributed by atoms with Crippen LogP contribution >= 0.6 is 11.6 Å². The minimum Gasteiger partial charge on any atom is -0.488 e. The molecule has 3 heteroatoms. The molecule has 0 bridgehead atoms. The molecule has 90 valence electrons. The van der Waals surface area contributed by atoms with Crippen molar-refractivity contribution >= 4 is 11.6 Å². The van der Waals surface area contributed by atoms with E-state index in [2.05, 4.69) is 20.8 Å². The molecule has 1 aromatic carbocycles. The van der Waals surface area contributed by atoms with Gasteiger partial charge in [-0.05, 0) is 44.9 Å². The highest BCUT2D eigenvalue weighted by Gasteiger charge is 2.17. The highest BCUT2D eigenvalue weighted by molar-refractivity contribution is 6.31. The predicted molar refractivity (Wildman–Crippen MR) is 69.1 cm³/mol. The van der Waals surface area contributed by atoms with Crippen LogP contribution in [-0.2, 0) is 0 Å². The highest BCUT2D eigenvalue weighted by Crippen LogP contribution is 2.28. The monoisotopic (exact) mass is 241 g/mol. The quantitative estimate of drug-likeness (QED) is 0.867. The van der Waals surface area contributed by atoms with Crippen molar-refractivity contribution in [1.29, 1.82) is 0 Å². The van der Waals surface area contributed by atoms with E-state index in [1.807, 2.05) is 25.1 Å². The van der Waals surface area contributed by atoms with Crippen molar-refractivity contribution in [3.8, 4) is 5.75 Å². The Morgan fingerprint density at radius 1 is 1.44 bits per heavy atom. The summed E-state index contributed by atoms with van der Waals surface area (Å²) in [6, 6.07) is 5.62. The van der Waals surface area contributed by atoms with E-state index in [9.17, 15) is 0 Å². The summed E-state index contributed by atoms with van der Waals surface area (Å²) < 4.78 is 5.84. The van der Waals surface area contributed by atoms with Gasteiger partial charge in [0.15, 0.2) is 0 Å². The molecule has 0 aliphatic carbocycles. The van der Waals surface area contributed by atoms with Gasteiger partial charge in [-0.3, -0.25) is 0 Å². The normalized spacial score (nSPS) is 13.6. The third kappa shape index (κ3) is 3.39. The molecule has 2 nitrogen and oxygen atoms in total. The van der Waals surface area contributed by atoms with Crippen molar-refractivity contribution in [3.05, 3.63) is 28.8 Å². The summed E-state index contributed by atoms with van der Waals surface area (Å²) in [6.07, 6.45) is 0.944. The highest BCUT2D eigenvalue weighted by atomic mass is 35.5. The number of rotatable bonds is 4. The second kappa shape index (κ2) is 5.07. The fourth-order valence-corrected chi connectivity index (χ4v) is 1.67. The Kier molecular flexibility index (Phi) is 4.22. The lowest BCUT2D eigenvalue weighted by Crippen LogP contribution is -2.26. The number of ether oxygens (including phenoxy) is 1. The first-order chi connectivity index (χ1) is 7.35. The zero-order chi connectivity index (χ0) is 12.3. The summed E-state index contributed by atoms with van der Waals surface area (Å²) in [5, 5.41) is 0.666. The Labute approximate surface area is 103 Å². The van der Waals surface area contributed by atoms with Crippen LogP contribution in [0.1, 0.15) is 45.7 Å². The molecular weight excluding hydrogens is 222 g/mol. The summed E-state index contributed by atoms with van der Waals surface area (Å²) in [5.74, 6) is 0.793. The van der Waals surface area contributed by atoms with E-state index < -0.39 is 0 Å². The Morgan fingerprint density at radius 2 is 2.06 bits per heavy atom. The van der Waals surface area contributed by atoms with Crippen LogP contribution < -0.4 is 10.5 Å².